The largest absolute Gasteiger partial charge is 0.330 e. The topological polar surface area (TPSA) is 89.3 Å². The molecule has 0 aliphatic heterocycles. The van der Waals surface area contributed by atoms with Gasteiger partial charge in [-0.25, -0.2) is 8.42 Å². The maximum absolute atomic E-state index is 11.4. The second-order valence-electron chi connectivity index (χ2n) is 4.36. The Morgan fingerprint density at radius 3 is 2.31 bits per heavy atom. The number of carbonyl (C=O) groups is 1. The predicted octanol–water partition coefficient (Wildman–Crippen LogP) is 0.463. The number of hydrogen-bond acceptors (Lipinski definition) is 4. The van der Waals surface area contributed by atoms with Gasteiger partial charge >= 0.3 is 0 Å². The van der Waals surface area contributed by atoms with Gasteiger partial charge in [0.15, 0.2) is 0 Å². The Bertz CT molecular complexity index is 312. The van der Waals surface area contributed by atoms with Gasteiger partial charge in [0.05, 0.1) is 5.75 Å². The Labute approximate surface area is 97.8 Å². The molecule has 0 aromatic heterocycles. The summed E-state index contributed by atoms with van der Waals surface area (Å²) in [6.07, 6.45) is 1.00. The van der Waals surface area contributed by atoms with E-state index in [4.69, 9.17) is 5.73 Å². The van der Waals surface area contributed by atoms with Crippen molar-refractivity contribution in [3.63, 3.8) is 0 Å². The molecule has 0 spiro atoms. The standard InChI is InChI=1S/C10H22N2O3S/c1-4-16(14,15)12-10(13)6-9(7-11)5-8(2)3/h8-9H,4-7,11H2,1-3H3,(H,12,13)/t9-/m0/s1. The van der Waals surface area contributed by atoms with Gasteiger partial charge in [0.25, 0.3) is 0 Å². The lowest BCUT2D eigenvalue weighted by atomic mass is 9.94. The summed E-state index contributed by atoms with van der Waals surface area (Å²) in [5, 5.41) is 0. The minimum Gasteiger partial charge on any atom is -0.330 e. The van der Waals surface area contributed by atoms with Crippen LogP contribution in [-0.2, 0) is 14.8 Å². The van der Waals surface area contributed by atoms with Crippen molar-refractivity contribution >= 4 is 15.9 Å². The van der Waals surface area contributed by atoms with Crippen molar-refractivity contribution in [2.24, 2.45) is 17.6 Å². The van der Waals surface area contributed by atoms with E-state index < -0.39 is 15.9 Å². The van der Waals surface area contributed by atoms with Gasteiger partial charge in [-0.15, -0.1) is 0 Å². The first kappa shape index (κ1) is 15.4. The molecule has 0 bridgehead atoms. The Hall–Kier alpha value is -0.620. The minimum atomic E-state index is -3.44. The second kappa shape index (κ2) is 6.85. The molecule has 1 amide bonds. The van der Waals surface area contributed by atoms with Crippen LogP contribution in [0, 0.1) is 11.8 Å². The number of nitrogens with two attached hydrogens (primary N) is 1. The summed E-state index contributed by atoms with van der Waals surface area (Å²) in [5.74, 6) is -0.0509. The molecular formula is C10H22N2O3S. The van der Waals surface area contributed by atoms with Crippen molar-refractivity contribution < 1.29 is 13.2 Å². The van der Waals surface area contributed by atoms with Crippen LogP contribution in [0.15, 0.2) is 0 Å². The molecule has 0 saturated carbocycles. The number of amides is 1. The van der Waals surface area contributed by atoms with Crippen LogP contribution in [-0.4, -0.2) is 26.6 Å². The van der Waals surface area contributed by atoms with Crippen LogP contribution in [0.3, 0.4) is 0 Å². The highest BCUT2D eigenvalue weighted by molar-refractivity contribution is 7.90. The first-order valence-electron chi connectivity index (χ1n) is 5.54. The molecule has 5 nitrogen and oxygen atoms in total. The highest BCUT2D eigenvalue weighted by atomic mass is 32.2. The summed E-state index contributed by atoms with van der Waals surface area (Å²) in [7, 11) is -3.44. The number of nitrogens with one attached hydrogen (secondary N) is 1. The molecule has 0 radical (unpaired) electrons. The number of sulfonamides is 1. The lowest BCUT2D eigenvalue weighted by molar-refractivity contribution is -0.120. The molecule has 0 aromatic rings. The van der Waals surface area contributed by atoms with Gasteiger partial charge < -0.3 is 5.73 Å². The number of carbonyl (C=O) groups excluding carboxylic acids is 1. The first-order chi connectivity index (χ1) is 7.30. The molecule has 0 unspecified atom stereocenters. The molecule has 0 fully saturated rings. The minimum absolute atomic E-state index is 0.0482. The maximum atomic E-state index is 11.4. The van der Waals surface area contributed by atoms with Gasteiger partial charge in [-0.1, -0.05) is 13.8 Å². The molecule has 0 aromatic carbocycles. The third-order valence-electron chi connectivity index (χ3n) is 2.26. The van der Waals surface area contributed by atoms with E-state index in [1.165, 1.54) is 6.92 Å². The van der Waals surface area contributed by atoms with Gasteiger partial charge in [0.2, 0.25) is 15.9 Å². The Balaban J connectivity index is 4.21. The monoisotopic (exact) mass is 250 g/mol. The molecule has 16 heavy (non-hydrogen) atoms. The smallest absolute Gasteiger partial charge is 0.234 e. The van der Waals surface area contributed by atoms with E-state index in [0.717, 1.165) is 6.42 Å². The van der Waals surface area contributed by atoms with Crippen LogP contribution < -0.4 is 10.5 Å². The summed E-state index contributed by atoms with van der Waals surface area (Å²) in [6, 6.07) is 0. The molecule has 0 aliphatic carbocycles. The van der Waals surface area contributed by atoms with Gasteiger partial charge in [-0.2, -0.15) is 0 Å². The van der Waals surface area contributed by atoms with E-state index in [1.54, 1.807) is 0 Å². The van der Waals surface area contributed by atoms with E-state index in [0.29, 0.717) is 12.5 Å². The first-order valence-corrected chi connectivity index (χ1v) is 7.19. The zero-order valence-corrected chi connectivity index (χ0v) is 11.0. The third kappa shape index (κ3) is 6.79. The van der Waals surface area contributed by atoms with Gasteiger partial charge in [0, 0.05) is 6.42 Å². The van der Waals surface area contributed by atoms with Crippen molar-refractivity contribution in [1.82, 2.24) is 4.72 Å². The highest BCUT2D eigenvalue weighted by Gasteiger charge is 2.17. The Kier molecular flexibility index (Phi) is 6.59. The van der Waals surface area contributed by atoms with Crippen LogP contribution >= 0.6 is 0 Å². The Morgan fingerprint density at radius 1 is 1.38 bits per heavy atom. The zero-order chi connectivity index (χ0) is 12.8. The lowest BCUT2D eigenvalue weighted by Gasteiger charge is -2.16. The molecule has 0 saturated heterocycles. The predicted molar refractivity (Wildman–Crippen MR) is 64.2 cm³/mol. The van der Waals surface area contributed by atoms with Crippen LogP contribution in [0.5, 0.6) is 0 Å². The molecule has 1 atom stereocenters. The van der Waals surface area contributed by atoms with E-state index in [-0.39, 0.29) is 18.1 Å². The summed E-state index contributed by atoms with van der Waals surface area (Å²) in [4.78, 5) is 11.4. The van der Waals surface area contributed by atoms with E-state index >= 15 is 0 Å². The molecule has 0 aliphatic rings. The van der Waals surface area contributed by atoms with Crippen LogP contribution in [0.1, 0.15) is 33.6 Å². The SMILES string of the molecule is CCS(=O)(=O)NC(=O)C[C@@H](CN)CC(C)C. The lowest BCUT2D eigenvalue weighted by Crippen LogP contribution is -2.34. The van der Waals surface area contributed by atoms with Crippen LogP contribution in [0.25, 0.3) is 0 Å². The van der Waals surface area contributed by atoms with Crippen molar-refractivity contribution in [3.05, 3.63) is 0 Å². The van der Waals surface area contributed by atoms with Gasteiger partial charge in [0.1, 0.15) is 0 Å². The van der Waals surface area contributed by atoms with Crippen LogP contribution in [0.4, 0.5) is 0 Å². The molecule has 0 heterocycles. The summed E-state index contributed by atoms with van der Waals surface area (Å²) in [5.41, 5.74) is 5.54. The Morgan fingerprint density at radius 2 is 1.94 bits per heavy atom. The summed E-state index contributed by atoms with van der Waals surface area (Å²) < 4.78 is 24.3. The van der Waals surface area contributed by atoms with Crippen molar-refractivity contribution in [3.8, 4) is 0 Å². The zero-order valence-electron chi connectivity index (χ0n) is 10.2. The van der Waals surface area contributed by atoms with Crippen molar-refractivity contribution in [1.29, 1.82) is 0 Å². The molecule has 0 rings (SSSR count). The quantitative estimate of drug-likeness (QED) is 0.687. The van der Waals surface area contributed by atoms with Crippen molar-refractivity contribution in [2.45, 2.75) is 33.6 Å². The highest BCUT2D eigenvalue weighted by Crippen LogP contribution is 2.14. The van der Waals surface area contributed by atoms with E-state index in [1.807, 2.05) is 18.6 Å². The fourth-order valence-corrected chi connectivity index (χ4v) is 2.05. The molecule has 96 valence electrons. The van der Waals surface area contributed by atoms with E-state index in [2.05, 4.69) is 0 Å². The van der Waals surface area contributed by atoms with Gasteiger partial charge in [-0.05, 0) is 31.7 Å². The maximum Gasteiger partial charge on any atom is 0.234 e. The number of hydrogen-bond donors (Lipinski definition) is 2. The fourth-order valence-electron chi connectivity index (χ4n) is 1.48. The second-order valence-corrected chi connectivity index (χ2v) is 6.38. The summed E-state index contributed by atoms with van der Waals surface area (Å²) >= 11 is 0. The van der Waals surface area contributed by atoms with Crippen molar-refractivity contribution in [2.75, 3.05) is 12.3 Å². The average Bonchev–Trinajstić information content (AvgIpc) is 2.15. The molecule has 3 N–H and O–H groups in total. The normalized spacial score (nSPS) is 13.8. The fraction of sp³-hybridized carbons (Fsp3) is 0.900. The average molecular weight is 250 g/mol. The third-order valence-corrected chi connectivity index (χ3v) is 3.56. The number of rotatable bonds is 7. The van der Waals surface area contributed by atoms with Gasteiger partial charge in [-0.3, -0.25) is 9.52 Å². The molecular weight excluding hydrogens is 228 g/mol. The summed E-state index contributed by atoms with van der Waals surface area (Å²) in [6.45, 7) is 5.98. The molecule has 6 heteroatoms. The van der Waals surface area contributed by atoms with E-state index in [9.17, 15) is 13.2 Å². The van der Waals surface area contributed by atoms with Crippen LogP contribution in [0.2, 0.25) is 0 Å².